The molecule has 4 heterocycles. The Kier molecular flexibility index (Phi) is 5.85. The van der Waals surface area contributed by atoms with Crippen molar-refractivity contribution < 1.29 is 19.0 Å². The number of rotatable bonds is 4. The predicted molar refractivity (Wildman–Crippen MR) is 130 cm³/mol. The third-order valence-electron chi connectivity index (χ3n) is 6.92. The smallest absolute Gasteiger partial charge is 0.407 e. The molecule has 1 aromatic heterocycles. The predicted octanol–water partition coefficient (Wildman–Crippen LogP) is 3.80. The molecule has 1 aromatic carbocycles. The fourth-order valence-corrected chi connectivity index (χ4v) is 5.93. The van der Waals surface area contributed by atoms with Crippen molar-refractivity contribution in [3.05, 3.63) is 19.9 Å². The maximum absolute atomic E-state index is 15.2. The summed E-state index contributed by atoms with van der Waals surface area (Å²) in [7, 11) is 2.08. The monoisotopic (exact) mass is 619 g/mol. The largest absolute Gasteiger partial charge is 0.465 e. The van der Waals surface area contributed by atoms with Gasteiger partial charge in [0.05, 0.1) is 4.47 Å². The van der Waals surface area contributed by atoms with Gasteiger partial charge >= 0.3 is 12.1 Å². The molecule has 2 aromatic rings. The summed E-state index contributed by atoms with van der Waals surface area (Å²) in [6.45, 7) is 3.97. The van der Waals surface area contributed by atoms with Gasteiger partial charge in [0.1, 0.15) is 17.9 Å². The lowest BCUT2D eigenvalue weighted by Gasteiger charge is -2.46. The average molecular weight is 620 g/mol. The lowest BCUT2D eigenvalue weighted by Crippen LogP contribution is -2.59. The first kappa shape index (κ1) is 22.3. The van der Waals surface area contributed by atoms with E-state index in [0.717, 1.165) is 35.9 Å². The molecule has 1 N–H and O–H groups in total. The molecule has 3 aliphatic rings. The number of likely N-dealkylation sites (N-methyl/N-ethyl adjacent to an activating group) is 1. The van der Waals surface area contributed by atoms with E-state index >= 15 is 4.39 Å². The number of likely N-dealkylation sites (tertiary alicyclic amines) is 2. The minimum Gasteiger partial charge on any atom is -0.465 e. The van der Waals surface area contributed by atoms with Crippen molar-refractivity contribution in [2.45, 2.75) is 25.3 Å². The second-order valence-corrected chi connectivity index (χ2v) is 11.1. The normalized spacial score (nSPS) is 22.7. The Bertz CT molecular complexity index is 1080. The van der Waals surface area contributed by atoms with Gasteiger partial charge in [0.15, 0.2) is 5.82 Å². The van der Waals surface area contributed by atoms with Crippen molar-refractivity contribution in [1.29, 1.82) is 0 Å². The first-order valence-corrected chi connectivity index (χ1v) is 12.5. The molecule has 0 saturated carbocycles. The Morgan fingerprint density at radius 3 is 2.84 bits per heavy atom. The zero-order valence-corrected chi connectivity index (χ0v) is 21.4. The third-order valence-corrected chi connectivity index (χ3v) is 9.29. The summed E-state index contributed by atoms with van der Waals surface area (Å²) in [5.74, 6) is 0.229. The van der Waals surface area contributed by atoms with Crippen molar-refractivity contribution in [3.63, 3.8) is 0 Å². The number of benzene rings is 1. The highest BCUT2D eigenvalue weighted by Gasteiger charge is 2.50. The summed E-state index contributed by atoms with van der Waals surface area (Å²) >= 11 is 5.42. The van der Waals surface area contributed by atoms with Crippen molar-refractivity contribution >= 4 is 61.3 Å². The minimum absolute atomic E-state index is 0.0652. The van der Waals surface area contributed by atoms with Crippen LogP contribution in [0.25, 0.3) is 10.9 Å². The van der Waals surface area contributed by atoms with E-state index in [-0.39, 0.29) is 16.9 Å². The van der Waals surface area contributed by atoms with Crippen LogP contribution in [0.15, 0.2) is 10.5 Å². The number of hydrogen-bond acceptors (Lipinski definition) is 6. The number of aromatic nitrogens is 2. The Morgan fingerprint density at radius 1 is 1.38 bits per heavy atom. The Balaban J connectivity index is 1.47. The highest BCUT2D eigenvalue weighted by molar-refractivity contribution is 14.1. The molecule has 32 heavy (non-hydrogen) atoms. The number of hydrogen-bond donors (Lipinski definition) is 1. The van der Waals surface area contributed by atoms with Gasteiger partial charge < -0.3 is 24.5 Å². The molecule has 5 rings (SSSR count). The summed E-state index contributed by atoms with van der Waals surface area (Å²) in [5, 5.41) is 9.86. The summed E-state index contributed by atoms with van der Waals surface area (Å²) < 4.78 is 22.3. The van der Waals surface area contributed by atoms with Crippen LogP contribution in [-0.2, 0) is 0 Å². The second kappa shape index (κ2) is 8.39. The fraction of sp³-hybridized carbons (Fsp3) is 0.571. The van der Waals surface area contributed by atoms with E-state index < -0.39 is 11.9 Å². The van der Waals surface area contributed by atoms with Crippen molar-refractivity contribution in [2.24, 2.45) is 5.41 Å². The van der Waals surface area contributed by atoms with E-state index in [0.29, 0.717) is 48.0 Å². The number of halogens is 3. The van der Waals surface area contributed by atoms with Crippen molar-refractivity contribution in [3.8, 4) is 6.01 Å². The first-order valence-electron chi connectivity index (χ1n) is 10.7. The van der Waals surface area contributed by atoms with Crippen LogP contribution in [0.2, 0.25) is 0 Å². The molecular formula is C21H24BrFIN5O3. The fourth-order valence-electron chi connectivity index (χ4n) is 5.08. The minimum atomic E-state index is -0.879. The standard InChI is InChI=1S/C21H24BrFIN5O3/c1-27-5-2-3-12(27)8-32-19-25-17-13(7-14(24)15(22)16(17)23)18(26-19)28-6-4-21(9-28)10-29(11-21)20(30)31/h7,12H,2-6,8-11H2,1H3,(H,30,31). The molecule has 3 saturated heterocycles. The van der Waals surface area contributed by atoms with Gasteiger partial charge in [-0.2, -0.15) is 9.97 Å². The van der Waals surface area contributed by atoms with Crippen LogP contribution in [0.4, 0.5) is 15.0 Å². The van der Waals surface area contributed by atoms with Gasteiger partial charge in [0.25, 0.3) is 0 Å². The van der Waals surface area contributed by atoms with E-state index in [9.17, 15) is 9.90 Å². The molecule has 0 aliphatic carbocycles. The maximum atomic E-state index is 15.2. The molecule has 1 spiro atoms. The summed E-state index contributed by atoms with van der Waals surface area (Å²) in [6, 6.07) is 2.38. The molecule has 11 heteroatoms. The Hall–Kier alpha value is -1.47. The van der Waals surface area contributed by atoms with Crippen molar-refractivity contribution in [1.82, 2.24) is 19.8 Å². The van der Waals surface area contributed by atoms with Crippen LogP contribution in [0, 0.1) is 14.8 Å². The molecule has 3 aliphatic heterocycles. The molecule has 0 radical (unpaired) electrons. The summed E-state index contributed by atoms with van der Waals surface area (Å²) in [4.78, 5) is 26.2. The number of anilines is 1. The van der Waals surface area contributed by atoms with Gasteiger partial charge in [-0.1, -0.05) is 0 Å². The van der Waals surface area contributed by atoms with Gasteiger partial charge in [-0.15, -0.1) is 0 Å². The van der Waals surface area contributed by atoms with Crippen LogP contribution in [0.1, 0.15) is 19.3 Å². The molecule has 0 bridgehead atoms. The van der Waals surface area contributed by atoms with Crippen LogP contribution in [0.3, 0.4) is 0 Å². The van der Waals surface area contributed by atoms with Gasteiger partial charge in [-0.3, -0.25) is 0 Å². The Labute approximate surface area is 207 Å². The number of carboxylic acid groups (broad SMARTS) is 1. The SMILES string of the molecule is CN1CCCC1COc1nc(N2CCC3(CN(C(=O)O)C3)C2)c2cc(I)c(Br)c(F)c2n1. The van der Waals surface area contributed by atoms with E-state index in [1.54, 1.807) is 0 Å². The molecule has 1 atom stereocenters. The highest BCUT2D eigenvalue weighted by Crippen LogP contribution is 2.43. The van der Waals surface area contributed by atoms with Gasteiger partial charge in [0.2, 0.25) is 0 Å². The molecule has 172 valence electrons. The number of amides is 1. The highest BCUT2D eigenvalue weighted by atomic mass is 127. The molecule has 8 nitrogen and oxygen atoms in total. The van der Waals surface area contributed by atoms with Crippen LogP contribution < -0.4 is 9.64 Å². The van der Waals surface area contributed by atoms with Gasteiger partial charge in [0, 0.05) is 46.6 Å². The van der Waals surface area contributed by atoms with Gasteiger partial charge in [-0.05, 0) is 77.4 Å². The van der Waals surface area contributed by atoms with E-state index in [1.807, 2.05) is 6.07 Å². The zero-order valence-electron chi connectivity index (χ0n) is 17.7. The van der Waals surface area contributed by atoms with Crippen molar-refractivity contribution in [2.75, 3.05) is 51.3 Å². The lowest BCUT2D eigenvalue weighted by atomic mass is 9.79. The Morgan fingerprint density at radius 2 is 2.16 bits per heavy atom. The third kappa shape index (κ3) is 3.89. The number of nitrogens with zero attached hydrogens (tertiary/aromatic N) is 5. The maximum Gasteiger partial charge on any atom is 0.407 e. The number of ether oxygens (including phenoxy) is 1. The zero-order chi connectivity index (χ0) is 22.6. The number of carbonyl (C=O) groups is 1. The quantitative estimate of drug-likeness (QED) is 0.412. The van der Waals surface area contributed by atoms with E-state index in [1.165, 1.54) is 4.90 Å². The first-order chi connectivity index (χ1) is 15.3. The van der Waals surface area contributed by atoms with Crippen LogP contribution >= 0.6 is 38.5 Å². The summed E-state index contributed by atoms with van der Waals surface area (Å²) in [5.41, 5.74) is 0.170. The van der Waals surface area contributed by atoms with E-state index in [4.69, 9.17) is 9.72 Å². The summed E-state index contributed by atoms with van der Waals surface area (Å²) in [6.07, 6.45) is 2.19. The molecule has 3 fully saturated rings. The van der Waals surface area contributed by atoms with Gasteiger partial charge in [-0.25, -0.2) is 9.18 Å². The average Bonchev–Trinajstić information content (AvgIpc) is 3.36. The lowest BCUT2D eigenvalue weighted by molar-refractivity contribution is 0.0252. The molecule has 1 unspecified atom stereocenters. The number of fused-ring (bicyclic) bond motifs is 1. The van der Waals surface area contributed by atoms with Crippen LogP contribution in [-0.4, -0.2) is 83.4 Å². The second-order valence-electron chi connectivity index (χ2n) is 9.11. The molecular weight excluding hydrogens is 596 g/mol. The topological polar surface area (TPSA) is 82.0 Å². The molecule has 1 amide bonds. The van der Waals surface area contributed by atoms with E-state index in [2.05, 4.69) is 60.4 Å². The van der Waals surface area contributed by atoms with Crippen LogP contribution in [0.5, 0.6) is 6.01 Å².